The van der Waals surface area contributed by atoms with Gasteiger partial charge in [0.2, 0.25) is 12.3 Å². The van der Waals surface area contributed by atoms with E-state index in [9.17, 15) is 9.90 Å². The number of benzene rings is 1. The number of anilines is 1. The van der Waals surface area contributed by atoms with Gasteiger partial charge in [-0.2, -0.15) is 0 Å². The lowest BCUT2D eigenvalue weighted by Crippen LogP contribution is -2.41. The van der Waals surface area contributed by atoms with Gasteiger partial charge in [0.05, 0.1) is 12.6 Å². The molecule has 0 fully saturated rings. The number of hydrogen-bond donors (Lipinski definition) is 3. The largest absolute Gasteiger partial charge is 0.423 e. The Morgan fingerprint density at radius 2 is 2.17 bits per heavy atom. The average Bonchev–Trinajstić information content (AvgIpc) is 3.02. The van der Waals surface area contributed by atoms with E-state index in [0.29, 0.717) is 23.9 Å². The molecule has 0 aliphatic rings. The van der Waals surface area contributed by atoms with Crippen LogP contribution >= 0.6 is 0 Å². The second-order valence-corrected chi connectivity index (χ2v) is 5.88. The maximum Gasteiger partial charge on any atom is 0.319 e. The summed E-state index contributed by atoms with van der Waals surface area (Å²) in [7, 11) is 0. The van der Waals surface area contributed by atoms with E-state index in [0.717, 1.165) is 11.1 Å². The highest BCUT2D eigenvalue weighted by molar-refractivity contribution is 5.91. The van der Waals surface area contributed by atoms with Crippen molar-refractivity contribution in [2.45, 2.75) is 33.2 Å². The van der Waals surface area contributed by atoms with Crippen molar-refractivity contribution in [1.29, 1.82) is 0 Å². The molecule has 0 saturated heterocycles. The summed E-state index contributed by atoms with van der Waals surface area (Å²) in [6.45, 7) is 5.89. The normalized spacial score (nSPS) is 12.2. The van der Waals surface area contributed by atoms with Crippen LogP contribution in [0.15, 0.2) is 29.0 Å². The standard InChI is InChI=1S/C16H22N4O3/c1-10(2)6-13(8-21)18-16(22)19-14-7-12(5-4-11(14)3)15-20-17-9-23-15/h4-5,7,9-10,13,21H,6,8H2,1-3H3,(H2,18,19,22). The number of urea groups is 1. The number of amides is 2. The van der Waals surface area contributed by atoms with Crippen LogP contribution < -0.4 is 10.6 Å². The van der Waals surface area contributed by atoms with Gasteiger partial charge in [-0.25, -0.2) is 4.79 Å². The van der Waals surface area contributed by atoms with E-state index >= 15 is 0 Å². The summed E-state index contributed by atoms with van der Waals surface area (Å²) in [5.41, 5.74) is 2.29. The zero-order valence-corrected chi connectivity index (χ0v) is 13.5. The van der Waals surface area contributed by atoms with Crippen LogP contribution in [0.3, 0.4) is 0 Å². The van der Waals surface area contributed by atoms with Gasteiger partial charge in [-0.1, -0.05) is 19.9 Å². The second kappa shape index (κ2) is 7.73. The Bertz CT molecular complexity index is 641. The fraction of sp³-hybridized carbons (Fsp3) is 0.438. The molecule has 0 aliphatic carbocycles. The second-order valence-electron chi connectivity index (χ2n) is 5.88. The first-order valence-corrected chi connectivity index (χ1v) is 7.55. The Balaban J connectivity index is 2.07. The molecule has 23 heavy (non-hydrogen) atoms. The molecule has 7 heteroatoms. The van der Waals surface area contributed by atoms with Crippen LogP contribution in [-0.2, 0) is 0 Å². The highest BCUT2D eigenvalue weighted by atomic mass is 16.4. The molecule has 0 bridgehead atoms. The number of carbonyl (C=O) groups is 1. The number of carbonyl (C=O) groups excluding carboxylic acids is 1. The van der Waals surface area contributed by atoms with Crippen LogP contribution in [-0.4, -0.2) is 34.0 Å². The van der Waals surface area contributed by atoms with Gasteiger partial charge in [0.25, 0.3) is 0 Å². The van der Waals surface area contributed by atoms with Gasteiger partial charge in [-0.05, 0) is 37.0 Å². The molecule has 0 radical (unpaired) electrons. The van der Waals surface area contributed by atoms with E-state index < -0.39 is 0 Å². The minimum absolute atomic E-state index is 0.0907. The van der Waals surface area contributed by atoms with Crippen LogP contribution in [0.1, 0.15) is 25.8 Å². The lowest BCUT2D eigenvalue weighted by molar-refractivity contribution is 0.214. The Labute approximate surface area is 135 Å². The molecule has 1 aromatic heterocycles. The smallest absolute Gasteiger partial charge is 0.319 e. The average molecular weight is 318 g/mol. The molecule has 2 rings (SSSR count). The number of aryl methyl sites for hydroxylation is 1. The number of aliphatic hydroxyl groups excluding tert-OH is 1. The summed E-state index contributed by atoms with van der Waals surface area (Å²) < 4.78 is 5.16. The summed E-state index contributed by atoms with van der Waals surface area (Å²) in [5.74, 6) is 0.775. The van der Waals surface area contributed by atoms with Crippen molar-refractivity contribution in [3.63, 3.8) is 0 Å². The molecule has 124 valence electrons. The summed E-state index contributed by atoms with van der Waals surface area (Å²) >= 11 is 0. The number of aromatic nitrogens is 2. The van der Waals surface area contributed by atoms with Crippen LogP contribution in [0.2, 0.25) is 0 Å². The van der Waals surface area contributed by atoms with Crippen molar-refractivity contribution in [2.75, 3.05) is 11.9 Å². The van der Waals surface area contributed by atoms with Crippen LogP contribution in [0, 0.1) is 12.8 Å². The van der Waals surface area contributed by atoms with E-state index in [2.05, 4.69) is 20.8 Å². The fourth-order valence-electron chi connectivity index (χ4n) is 2.28. The van der Waals surface area contributed by atoms with E-state index in [4.69, 9.17) is 4.42 Å². The van der Waals surface area contributed by atoms with Gasteiger partial charge in [0.1, 0.15) is 0 Å². The van der Waals surface area contributed by atoms with Crippen molar-refractivity contribution < 1.29 is 14.3 Å². The first-order chi connectivity index (χ1) is 11.0. The van der Waals surface area contributed by atoms with Crippen LogP contribution in [0.4, 0.5) is 10.5 Å². The zero-order chi connectivity index (χ0) is 16.8. The third-order valence-electron chi connectivity index (χ3n) is 3.40. The molecule has 2 aromatic rings. The minimum Gasteiger partial charge on any atom is -0.423 e. The number of nitrogens with zero attached hydrogens (tertiary/aromatic N) is 2. The predicted molar refractivity (Wildman–Crippen MR) is 87.0 cm³/mol. The van der Waals surface area contributed by atoms with Crippen molar-refractivity contribution in [2.24, 2.45) is 5.92 Å². The van der Waals surface area contributed by atoms with Gasteiger partial charge >= 0.3 is 6.03 Å². The Morgan fingerprint density at radius 3 is 2.78 bits per heavy atom. The Hall–Kier alpha value is -2.41. The van der Waals surface area contributed by atoms with E-state index in [1.54, 1.807) is 6.07 Å². The first-order valence-electron chi connectivity index (χ1n) is 7.55. The fourth-order valence-corrected chi connectivity index (χ4v) is 2.28. The third kappa shape index (κ3) is 4.79. The van der Waals surface area contributed by atoms with Crippen LogP contribution in [0.25, 0.3) is 11.5 Å². The maximum atomic E-state index is 12.1. The first kappa shape index (κ1) is 17.0. The molecule has 1 unspecified atom stereocenters. The topological polar surface area (TPSA) is 100 Å². The molecule has 0 saturated carbocycles. The summed E-state index contributed by atoms with van der Waals surface area (Å²) in [4.78, 5) is 12.1. The summed E-state index contributed by atoms with van der Waals surface area (Å²) in [5, 5.41) is 22.4. The monoisotopic (exact) mass is 318 g/mol. The zero-order valence-electron chi connectivity index (χ0n) is 13.5. The van der Waals surface area contributed by atoms with Gasteiger partial charge in [-0.3, -0.25) is 0 Å². The summed E-state index contributed by atoms with van der Waals surface area (Å²) in [6.07, 6.45) is 1.97. The number of nitrogens with one attached hydrogen (secondary N) is 2. The molecular formula is C16H22N4O3. The number of hydrogen-bond acceptors (Lipinski definition) is 5. The SMILES string of the molecule is Cc1ccc(-c2nnco2)cc1NC(=O)NC(CO)CC(C)C. The van der Waals surface area contributed by atoms with Crippen molar-refractivity contribution >= 4 is 11.7 Å². The number of aliphatic hydroxyl groups is 1. The molecule has 3 N–H and O–H groups in total. The lowest BCUT2D eigenvalue weighted by atomic mass is 10.0. The lowest BCUT2D eigenvalue weighted by Gasteiger charge is -2.19. The van der Waals surface area contributed by atoms with Crippen molar-refractivity contribution in [3.8, 4) is 11.5 Å². The quantitative estimate of drug-likeness (QED) is 0.760. The number of rotatable bonds is 6. The van der Waals surface area contributed by atoms with E-state index in [1.807, 2.05) is 32.9 Å². The Kier molecular flexibility index (Phi) is 5.70. The van der Waals surface area contributed by atoms with Crippen molar-refractivity contribution in [1.82, 2.24) is 15.5 Å². The van der Waals surface area contributed by atoms with E-state index in [1.165, 1.54) is 6.39 Å². The minimum atomic E-state index is -0.351. The molecule has 1 atom stereocenters. The van der Waals surface area contributed by atoms with Crippen LogP contribution in [0.5, 0.6) is 0 Å². The van der Waals surface area contributed by atoms with E-state index in [-0.39, 0.29) is 18.7 Å². The van der Waals surface area contributed by atoms with Gasteiger partial charge in [0.15, 0.2) is 0 Å². The molecule has 0 aliphatic heterocycles. The molecule has 0 spiro atoms. The molecule has 1 aromatic carbocycles. The predicted octanol–water partition coefficient (Wildman–Crippen LogP) is 2.57. The third-order valence-corrected chi connectivity index (χ3v) is 3.40. The molecular weight excluding hydrogens is 296 g/mol. The highest BCUT2D eigenvalue weighted by Crippen LogP contribution is 2.23. The summed E-state index contributed by atoms with van der Waals surface area (Å²) in [6, 6.07) is 4.87. The Morgan fingerprint density at radius 1 is 1.39 bits per heavy atom. The molecule has 7 nitrogen and oxygen atoms in total. The maximum absolute atomic E-state index is 12.1. The van der Waals surface area contributed by atoms with Gasteiger partial charge < -0.3 is 20.2 Å². The van der Waals surface area contributed by atoms with Gasteiger partial charge in [-0.15, -0.1) is 10.2 Å². The van der Waals surface area contributed by atoms with Gasteiger partial charge in [0, 0.05) is 11.3 Å². The molecule has 2 amide bonds. The highest BCUT2D eigenvalue weighted by Gasteiger charge is 2.14. The molecule has 1 heterocycles. The van der Waals surface area contributed by atoms with Crippen molar-refractivity contribution in [3.05, 3.63) is 30.2 Å².